The number of benzene rings is 1. The van der Waals surface area contributed by atoms with Crippen molar-refractivity contribution in [3.63, 3.8) is 0 Å². The SMILES string of the molecule is CCN(CC)CCNC(=O)N(CCSc1ccccc1)CCN1CCOCC1. The van der Waals surface area contributed by atoms with Gasteiger partial charge in [-0.3, -0.25) is 4.90 Å². The van der Waals surface area contributed by atoms with Crippen LogP contribution in [-0.4, -0.2) is 98.6 Å². The van der Waals surface area contributed by atoms with Crippen LogP contribution in [0.2, 0.25) is 0 Å². The molecule has 0 saturated carbocycles. The molecule has 28 heavy (non-hydrogen) atoms. The lowest BCUT2D eigenvalue weighted by Crippen LogP contribution is -2.48. The first-order valence-corrected chi connectivity index (χ1v) is 11.4. The van der Waals surface area contributed by atoms with Gasteiger partial charge in [-0.25, -0.2) is 4.79 Å². The Morgan fingerprint density at radius 2 is 1.82 bits per heavy atom. The molecule has 0 spiro atoms. The van der Waals surface area contributed by atoms with E-state index >= 15 is 0 Å². The fraction of sp³-hybridized carbons (Fsp3) is 0.667. The highest BCUT2D eigenvalue weighted by molar-refractivity contribution is 7.99. The highest BCUT2D eigenvalue weighted by Gasteiger charge is 2.16. The van der Waals surface area contributed by atoms with Crippen molar-refractivity contribution < 1.29 is 9.53 Å². The van der Waals surface area contributed by atoms with E-state index in [-0.39, 0.29) is 6.03 Å². The van der Waals surface area contributed by atoms with Crippen molar-refractivity contribution in [2.45, 2.75) is 18.7 Å². The molecule has 158 valence electrons. The summed E-state index contributed by atoms with van der Waals surface area (Å²) in [7, 11) is 0. The standard InChI is InChI=1S/C21H36N4O2S/c1-3-23(4-2)11-10-22-21(26)25(13-12-24-14-17-27-18-15-24)16-19-28-20-8-6-5-7-9-20/h5-9H,3-4,10-19H2,1-2H3,(H,22,26). The lowest BCUT2D eigenvalue weighted by Gasteiger charge is -2.30. The lowest BCUT2D eigenvalue weighted by atomic mass is 10.4. The lowest BCUT2D eigenvalue weighted by molar-refractivity contribution is 0.0351. The molecule has 1 heterocycles. The molecule has 0 aromatic heterocycles. The molecule has 0 unspecified atom stereocenters. The maximum atomic E-state index is 12.8. The van der Waals surface area contributed by atoms with Crippen LogP contribution in [0.15, 0.2) is 35.2 Å². The Morgan fingerprint density at radius 3 is 2.50 bits per heavy atom. The predicted octanol–water partition coefficient (Wildman–Crippen LogP) is 2.46. The topological polar surface area (TPSA) is 48.1 Å². The monoisotopic (exact) mass is 408 g/mol. The number of amides is 2. The minimum absolute atomic E-state index is 0.0501. The molecule has 1 aliphatic heterocycles. The van der Waals surface area contributed by atoms with Crippen molar-refractivity contribution in [1.29, 1.82) is 0 Å². The van der Waals surface area contributed by atoms with E-state index < -0.39 is 0 Å². The maximum absolute atomic E-state index is 12.8. The fourth-order valence-corrected chi connectivity index (χ4v) is 4.06. The average Bonchev–Trinajstić information content (AvgIpc) is 2.75. The molecule has 1 aromatic carbocycles. The van der Waals surface area contributed by atoms with E-state index in [2.05, 4.69) is 53.2 Å². The van der Waals surface area contributed by atoms with Gasteiger partial charge < -0.3 is 19.9 Å². The van der Waals surface area contributed by atoms with Gasteiger partial charge in [0.05, 0.1) is 13.2 Å². The average molecular weight is 409 g/mol. The van der Waals surface area contributed by atoms with E-state index in [0.29, 0.717) is 6.54 Å². The normalized spacial score (nSPS) is 15.0. The number of nitrogens with one attached hydrogen (secondary N) is 1. The van der Waals surface area contributed by atoms with Gasteiger partial charge in [-0.1, -0.05) is 32.0 Å². The van der Waals surface area contributed by atoms with Crippen molar-refractivity contribution in [3.05, 3.63) is 30.3 Å². The molecule has 0 radical (unpaired) electrons. The van der Waals surface area contributed by atoms with Gasteiger partial charge in [-0.05, 0) is 25.2 Å². The van der Waals surface area contributed by atoms with E-state index in [9.17, 15) is 4.79 Å². The number of urea groups is 1. The largest absolute Gasteiger partial charge is 0.379 e. The second-order valence-electron chi connectivity index (χ2n) is 6.86. The molecule has 1 aromatic rings. The summed E-state index contributed by atoms with van der Waals surface area (Å²) >= 11 is 1.80. The Labute approximate surface area is 174 Å². The molecule has 1 saturated heterocycles. The molecule has 1 aliphatic rings. The summed E-state index contributed by atoms with van der Waals surface area (Å²) in [6, 6.07) is 10.4. The van der Waals surface area contributed by atoms with Crippen LogP contribution in [0, 0.1) is 0 Å². The number of likely N-dealkylation sites (N-methyl/N-ethyl adjacent to an activating group) is 1. The third kappa shape index (κ3) is 8.82. The Bertz CT molecular complexity index is 536. The summed E-state index contributed by atoms with van der Waals surface area (Å²) in [6.45, 7) is 13.8. The molecule has 0 bridgehead atoms. The highest BCUT2D eigenvalue weighted by Crippen LogP contribution is 2.16. The molecule has 2 rings (SSSR count). The number of carbonyl (C=O) groups excluding carboxylic acids is 1. The number of hydrogen-bond donors (Lipinski definition) is 1. The maximum Gasteiger partial charge on any atom is 0.317 e. The van der Waals surface area contributed by atoms with Gasteiger partial charge in [0.25, 0.3) is 0 Å². The van der Waals surface area contributed by atoms with Crippen LogP contribution < -0.4 is 5.32 Å². The van der Waals surface area contributed by atoms with E-state index in [1.54, 1.807) is 11.8 Å². The third-order valence-electron chi connectivity index (χ3n) is 5.05. The van der Waals surface area contributed by atoms with Gasteiger partial charge in [0, 0.05) is 56.5 Å². The number of morpholine rings is 1. The zero-order valence-electron chi connectivity index (χ0n) is 17.4. The zero-order chi connectivity index (χ0) is 20.0. The molecule has 1 N–H and O–H groups in total. The molecular formula is C21H36N4O2S. The quantitative estimate of drug-likeness (QED) is 0.539. The first-order chi connectivity index (χ1) is 13.7. The predicted molar refractivity (Wildman–Crippen MR) is 117 cm³/mol. The van der Waals surface area contributed by atoms with E-state index in [0.717, 1.165) is 71.3 Å². The van der Waals surface area contributed by atoms with E-state index in [1.807, 2.05) is 11.0 Å². The van der Waals surface area contributed by atoms with E-state index in [4.69, 9.17) is 4.74 Å². The van der Waals surface area contributed by atoms with Crippen LogP contribution in [0.1, 0.15) is 13.8 Å². The van der Waals surface area contributed by atoms with Gasteiger partial charge in [0.15, 0.2) is 0 Å². The first kappa shape index (κ1) is 23.0. The second-order valence-corrected chi connectivity index (χ2v) is 8.03. The van der Waals surface area contributed by atoms with Crippen LogP contribution in [0.25, 0.3) is 0 Å². The molecule has 1 fully saturated rings. The smallest absolute Gasteiger partial charge is 0.317 e. The zero-order valence-corrected chi connectivity index (χ0v) is 18.3. The Hall–Kier alpha value is -1.28. The van der Waals surface area contributed by atoms with Crippen LogP contribution >= 0.6 is 11.8 Å². The number of nitrogens with zero attached hydrogens (tertiary/aromatic N) is 3. The number of rotatable bonds is 12. The van der Waals surface area contributed by atoms with Gasteiger partial charge in [-0.15, -0.1) is 11.8 Å². The van der Waals surface area contributed by atoms with Crippen LogP contribution in [0.3, 0.4) is 0 Å². The number of hydrogen-bond acceptors (Lipinski definition) is 5. The molecular weight excluding hydrogens is 372 g/mol. The third-order valence-corrected chi connectivity index (χ3v) is 6.04. The first-order valence-electron chi connectivity index (χ1n) is 10.5. The van der Waals surface area contributed by atoms with Crippen molar-refractivity contribution in [1.82, 2.24) is 20.0 Å². The summed E-state index contributed by atoms with van der Waals surface area (Å²) in [5.74, 6) is 0.899. The fourth-order valence-electron chi connectivity index (χ4n) is 3.16. The molecule has 0 atom stereocenters. The number of ether oxygens (including phenoxy) is 1. The van der Waals surface area contributed by atoms with E-state index in [1.165, 1.54) is 4.90 Å². The van der Waals surface area contributed by atoms with Crippen LogP contribution in [-0.2, 0) is 4.74 Å². The Balaban J connectivity index is 1.80. The molecule has 6 nitrogen and oxygen atoms in total. The minimum Gasteiger partial charge on any atom is -0.379 e. The van der Waals surface area contributed by atoms with Gasteiger partial charge in [0.2, 0.25) is 0 Å². The number of thioether (sulfide) groups is 1. The molecule has 2 amide bonds. The summed E-state index contributed by atoms with van der Waals surface area (Å²) < 4.78 is 5.42. The van der Waals surface area contributed by atoms with Crippen molar-refractivity contribution in [2.75, 3.05) is 77.9 Å². The summed E-state index contributed by atoms with van der Waals surface area (Å²) in [5, 5.41) is 3.11. The molecule has 7 heteroatoms. The van der Waals surface area contributed by atoms with Gasteiger partial charge in [-0.2, -0.15) is 0 Å². The van der Waals surface area contributed by atoms with Crippen molar-refractivity contribution >= 4 is 17.8 Å². The van der Waals surface area contributed by atoms with Gasteiger partial charge >= 0.3 is 6.03 Å². The van der Waals surface area contributed by atoms with Crippen LogP contribution in [0.4, 0.5) is 4.79 Å². The second kappa shape index (κ2) is 13.8. The van der Waals surface area contributed by atoms with Gasteiger partial charge in [0.1, 0.15) is 0 Å². The Morgan fingerprint density at radius 1 is 1.11 bits per heavy atom. The van der Waals surface area contributed by atoms with Crippen LogP contribution in [0.5, 0.6) is 0 Å². The molecule has 0 aliphatic carbocycles. The van der Waals surface area contributed by atoms with Crippen molar-refractivity contribution in [2.24, 2.45) is 0 Å². The highest BCUT2D eigenvalue weighted by atomic mass is 32.2. The Kier molecular flexibility index (Phi) is 11.4. The summed E-state index contributed by atoms with van der Waals surface area (Å²) in [4.78, 5) is 20.7. The summed E-state index contributed by atoms with van der Waals surface area (Å²) in [6.07, 6.45) is 0. The van der Waals surface area contributed by atoms with Crippen molar-refractivity contribution in [3.8, 4) is 0 Å². The number of carbonyl (C=O) groups is 1. The minimum atomic E-state index is 0.0501. The summed E-state index contributed by atoms with van der Waals surface area (Å²) in [5.41, 5.74) is 0.